The third-order valence-corrected chi connectivity index (χ3v) is 3.99. The smallest absolute Gasteiger partial charge is 0.248 e. The van der Waals surface area contributed by atoms with Crippen LogP contribution in [0.2, 0.25) is 0 Å². The highest BCUT2D eigenvalue weighted by molar-refractivity contribution is 6.01. The molecule has 134 valence electrons. The second-order valence-corrected chi connectivity index (χ2v) is 6.00. The number of hydrogen-bond donors (Lipinski definition) is 1. The van der Waals surface area contributed by atoms with Crippen molar-refractivity contribution < 1.29 is 4.79 Å². The van der Waals surface area contributed by atoms with E-state index in [1.165, 1.54) is 11.6 Å². The number of azo groups is 1. The quantitative estimate of drug-likeness (QED) is 0.408. The van der Waals surface area contributed by atoms with E-state index in [0.29, 0.717) is 5.69 Å². The van der Waals surface area contributed by atoms with E-state index in [4.69, 9.17) is 0 Å². The van der Waals surface area contributed by atoms with E-state index < -0.39 is 0 Å². The van der Waals surface area contributed by atoms with Crippen molar-refractivity contribution in [3.8, 4) is 0 Å². The third-order valence-electron chi connectivity index (χ3n) is 3.99. The van der Waals surface area contributed by atoms with Gasteiger partial charge in [0.2, 0.25) is 5.91 Å². The molecule has 0 spiro atoms. The van der Waals surface area contributed by atoms with Crippen molar-refractivity contribution >= 4 is 29.0 Å². The molecule has 0 bridgehead atoms. The van der Waals surface area contributed by atoms with E-state index in [1.54, 1.807) is 6.08 Å². The number of aryl methyl sites for hydroxylation is 1. The SMILES string of the molecule is CCc1ccc(N=Nc2ccc(NC(=O)/C=C/c3ccccc3)cc2)cc1. The number of carbonyl (C=O) groups is 1. The molecule has 0 fully saturated rings. The first-order valence-electron chi connectivity index (χ1n) is 8.88. The maximum Gasteiger partial charge on any atom is 0.248 e. The van der Waals surface area contributed by atoms with E-state index in [-0.39, 0.29) is 5.91 Å². The van der Waals surface area contributed by atoms with Crippen molar-refractivity contribution in [2.45, 2.75) is 13.3 Å². The van der Waals surface area contributed by atoms with Crippen LogP contribution >= 0.6 is 0 Å². The number of carbonyl (C=O) groups excluding carboxylic acids is 1. The second kappa shape index (κ2) is 9.25. The molecule has 0 radical (unpaired) electrons. The lowest BCUT2D eigenvalue weighted by molar-refractivity contribution is -0.111. The molecule has 3 rings (SSSR count). The fourth-order valence-electron chi connectivity index (χ4n) is 2.45. The summed E-state index contributed by atoms with van der Waals surface area (Å²) in [7, 11) is 0. The summed E-state index contributed by atoms with van der Waals surface area (Å²) in [4.78, 5) is 12.0. The summed E-state index contributed by atoms with van der Waals surface area (Å²) in [5, 5.41) is 11.3. The first-order chi connectivity index (χ1) is 13.2. The molecule has 27 heavy (non-hydrogen) atoms. The summed E-state index contributed by atoms with van der Waals surface area (Å²) in [6, 6.07) is 25.0. The Morgan fingerprint density at radius 3 is 2.04 bits per heavy atom. The lowest BCUT2D eigenvalue weighted by Gasteiger charge is -2.02. The molecule has 1 amide bonds. The molecule has 0 heterocycles. The fraction of sp³-hybridized carbons (Fsp3) is 0.0870. The molecule has 0 atom stereocenters. The molecule has 1 N–H and O–H groups in total. The minimum Gasteiger partial charge on any atom is -0.323 e. The van der Waals surface area contributed by atoms with Crippen molar-refractivity contribution in [1.29, 1.82) is 0 Å². The van der Waals surface area contributed by atoms with Gasteiger partial charge in [-0.15, -0.1) is 0 Å². The van der Waals surface area contributed by atoms with E-state index in [1.807, 2.05) is 66.7 Å². The molecule has 0 aliphatic heterocycles. The zero-order valence-electron chi connectivity index (χ0n) is 15.2. The lowest BCUT2D eigenvalue weighted by atomic mass is 10.2. The molecule has 4 nitrogen and oxygen atoms in total. The van der Waals surface area contributed by atoms with Gasteiger partial charge in [0.15, 0.2) is 0 Å². The van der Waals surface area contributed by atoms with Gasteiger partial charge in [0, 0.05) is 11.8 Å². The molecule has 3 aromatic carbocycles. The van der Waals surface area contributed by atoms with Gasteiger partial charge < -0.3 is 5.32 Å². The lowest BCUT2D eigenvalue weighted by Crippen LogP contribution is -2.07. The first kappa shape index (κ1) is 18.3. The Hall–Kier alpha value is -3.53. The van der Waals surface area contributed by atoms with Gasteiger partial charge in [-0.05, 0) is 60.0 Å². The zero-order valence-corrected chi connectivity index (χ0v) is 15.2. The fourth-order valence-corrected chi connectivity index (χ4v) is 2.45. The summed E-state index contributed by atoms with van der Waals surface area (Å²) in [5.74, 6) is -0.177. The van der Waals surface area contributed by atoms with Crippen LogP contribution < -0.4 is 5.32 Å². The van der Waals surface area contributed by atoms with Crippen LogP contribution in [0.3, 0.4) is 0 Å². The Labute approximate surface area is 159 Å². The molecular formula is C23H21N3O. The molecular weight excluding hydrogens is 334 g/mol. The van der Waals surface area contributed by atoms with E-state index in [2.05, 4.69) is 34.6 Å². The normalized spacial score (nSPS) is 11.1. The Balaban J connectivity index is 1.57. The highest BCUT2D eigenvalue weighted by Crippen LogP contribution is 2.20. The predicted molar refractivity (Wildman–Crippen MR) is 111 cm³/mol. The van der Waals surface area contributed by atoms with Crippen LogP contribution in [-0.4, -0.2) is 5.91 Å². The van der Waals surface area contributed by atoms with Gasteiger partial charge in [0.05, 0.1) is 11.4 Å². The van der Waals surface area contributed by atoms with E-state index in [0.717, 1.165) is 23.4 Å². The van der Waals surface area contributed by atoms with Gasteiger partial charge in [-0.3, -0.25) is 4.79 Å². The summed E-state index contributed by atoms with van der Waals surface area (Å²) in [6.07, 6.45) is 4.30. The van der Waals surface area contributed by atoms with Gasteiger partial charge in [0.1, 0.15) is 0 Å². The maximum atomic E-state index is 12.0. The van der Waals surface area contributed by atoms with Gasteiger partial charge in [-0.25, -0.2) is 0 Å². The standard InChI is InChI=1S/C23H21N3O/c1-2-18-8-11-21(12-9-18)25-26-22-15-13-20(14-16-22)24-23(27)17-10-19-6-4-3-5-7-19/h3-17H,2H2,1H3,(H,24,27)/b17-10+,26-25?. The monoisotopic (exact) mass is 355 g/mol. The minimum absolute atomic E-state index is 0.177. The summed E-state index contributed by atoms with van der Waals surface area (Å²) in [5.41, 5.74) is 4.51. The van der Waals surface area contributed by atoms with Crippen LogP contribution in [0.5, 0.6) is 0 Å². The molecule has 0 saturated heterocycles. The van der Waals surface area contributed by atoms with Crippen molar-refractivity contribution in [3.63, 3.8) is 0 Å². The largest absolute Gasteiger partial charge is 0.323 e. The van der Waals surface area contributed by atoms with Crippen LogP contribution in [0.25, 0.3) is 6.08 Å². The minimum atomic E-state index is -0.177. The molecule has 0 aliphatic carbocycles. The van der Waals surface area contributed by atoms with Crippen LogP contribution in [-0.2, 0) is 11.2 Å². The highest BCUT2D eigenvalue weighted by Gasteiger charge is 1.98. The average Bonchev–Trinajstić information content (AvgIpc) is 2.73. The Morgan fingerprint density at radius 2 is 1.44 bits per heavy atom. The number of rotatable bonds is 6. The molecule has 0 aliphatic rings. The van der Waals surface area contributed by atoms with Crippen molar-refractivity contribution in [3.05, 3.63) is 96.1 Å². The number of anilines is 1. The summed E-state index contributed by atoms with van der Waals surface area (Å²) in [6.45, 7) is 2.12. The summed E-state index contributed by atoms with van der Waals surface area (Å²) >= 11 is 0. The van der Waals surface area contributed by atoms with Gasteiger partial charge >= 0.3 is 0 Å². The molecule has 4 heteroatoms. The van der Waals surface area contributed by atoms with Crippen LogP contribution in [0.1, 0.15) is 18.1 Å². The van der Waals surface area contributed by atoms with Gasteiger partial charge in [-0.2, -0.15) is 10.2 Å². The third kappa shape index (κ3) is 5.75. The molecule has 0 unspecified atom stereocenters. The van der Waals surface area contributed by atoms with Crippen molar-refractivity contribution in [1.82, 2.24) is 0 Å². The zero-order chi connectivity index (χ0) is 18.9. The molecule has 0 aromatic heterocycles. The maximum absolute atomic E-state index is 12.0. The number of nitrogens with zero attached hydrogens (tertiary/aromatic N) is 2. The van der Waals surface area contributed by atoms with E-state index >= 15 is 0 Å². The van der Waals surface area contributed by atoms with Crippen LogP contribution in [0, 0.1) is 0 Å². The first-order valence-corrected chi connectivity index (χ1v) is 8.88. The topological polar surface area (TPSA) is 53.8 Å². The van der Waals surface area contributed by atoms with Crippen LogP contribution in [0.15, 0.2) is 95.2 Å². The average molecular weight is 355 g/mol. The molecule has 0 saturated carbocycles. The number of nitrogens with one attached hydrogen (secondary N) is 1. The van der Waals surface area contributed by atoms with Gasteiger partial charge in [0.25, 0.3) is 0 Å². The Bertz CT molecular complexity index is 928. The van der Waals surface area contributed by atoms with Crippen molar-refractivity contribution in [2.24, 2.45) is 10.2 Å². The number of benzene rings is 3. The number of amides is 1. The Kier molecular flexibility index (Phi) is 6.26. The van der Waals surface area contributed by atoms with Crippen LogP contribution in [0.4, 0.5) is 17.1 Å². The summed E-state index contributed by atoms with van der Waals surface area (Å²) < 4.78 is 0. The molecule has 3 aromatic rings. The highest BCUT2D eigenvalue weighted by atomic mass is 16.1. The van der Waals surface area contributed by atoms with E-state index in [9.17, 15) is 4.79 Å². The van der Waals surface area contributed by atoms with Gasteiger partial charge in [-0.1, -0.05) is 49.4 Å². The predicted octanol–water partition coefficient (Wildman–Crippen LogP) is 6.32. The number of hydrogen-bond acceptors (Lipinski definition) is 3. The Morgan fingerprint density at radius 1 is 0.852 bits per heavy atom. The van der Waals surface area contributed by atoms with Crippen molar-refractivity contribution in [2.75, 3.05) is 5.32 Å². The second-order valence-electron chi connectivity index (χ2n) is 6.00.